The molecule has 3 N–H and O–H groups in total. The van der Waals surface area contributed by atoms with E-state index in [-0.39, 0.29) is 11.6 Å². The molecule has 3 aromatic carbocycles. The number of methoxy groups -OCH3 is 1. The van der Waals surface area contributed by atoms with Crippen LogP contribution in [0, 0.1) is 5.82 Å². The third kappa shape index (κ3) is 5.24. The summed E-state index contributed by atoms with van der Waals surface area (Å²) in [5.74, 6) is -0.104. The molecule has 9 nitrogen and oxygen atoms in total. The van der Waals surface area contributed by atoms with Gasteiger partial charge < -0.3 is 19.8 Å². The summed E-state index contributed by atoms with van der Waals surface area (Å²) in [6.07, 6.45) is -5.42. The highest BCUT2D eigenvalue weighted by atomic mass is 19.4. The standard InChI is InChI=1S/C24H19F4N5O4/c1-32-19-10-8-16(12-18(19)30-22(32)31-23(35)36-2)37-15-6-4-14(5-7-15)33(21(29)34)20-11-13(24(26,27)28)3-9-17(20)25/h3-12H,1-2H3,(H2,29,34)(H,30,31,35). The lowest BCUT2D eigenvalue weighted by molar-refractivity contribution is -0.137. The summed E-state index contributed by atoms with van der Waals surface area (Å²) >= 11 is 0. The van der Waals surface area contributed by atoms with Crippen LogP contribution >= 0.6 is 0 Å². The van der Waals surface area contributed by atoms with Crippen molar-refractivity contribution in [2.24, 2.45) is 12.8 Å². The minimum absolute atomic E-state index is 0.0248. The molecular formula is C24H19F4N5O4. The average Bonchev–Trinajstić information content (AvgIpc) is 3.14. The zero-order chi connectivity index (χ0) is 26.9. The zero-order valence-corrected chi connectivity index (χ0v) is 19.3. The van der Waals surface area contributed by atoms with Gasteiger partial charge in [0.1, 0.15) is 17.3 Å². The van der Waals surface area contributed by atoms with Crippen LogP contribution in [0.5, 0.6) is 11.5 Å². The molecule has 0 aliphatic heterocycles. The fourth-order valence-electron chi connectivity index (χ4n) is 3.54. The molecule has 0 fully saturated rings. The van der Waals surface area contributed by atoms with Gasteiger partial charge in [-0.3, -0.25) is 10.2 Å². The zero-order valence-electron chi connectivity index (χ0n) is 19.3. The molecule has 0 unspecified atom stereocenters. The molecule has 37 heavy (non-hydrogen) atoms. The molecule has 0 aliphatic carbocycles. The Bertz CT molecular complexity index is 1490. The van der Waals surface area contributed by atoms with Gasteiger partial charge in [-0.15, -0.1) is 0 Å². The van der Waals surface area contributed by atoms with Crippen molar-refractivity contribution in [3.05, 3.63) is 72.0 Å². The van der Waals surface area contributed by atoms with Crippen molar-refractivity contribution < 1.29 is 36.6 Å². The third-order valence-corrected chi connectivity index (χ3v) is 5.32. The number of rotatable bonds is 5. The number of nitrogens with zero attached hydrogens (tertiary/aromatic N) is 3. The third-order valence-electron chi connectivity index (χ3n) is 5.32. The van der Waals surface area contributed by atoms with Gasteiger partial charge in [0.25, 0.3) is 0 Å². The van der Waals surface area contributed by atoms with E-state index in [9.17, 15) is 27.2 Å². The summed E-state index contributed by atoms with van der Waals surface area (Å²) < 4.78 is 65.8. The van der Waals surface area contributed by atoms with Crippen molar-refractivity contribution in [2.75, 3.05) is 17.3 Å². The van der Waals surface area contributed by atoms with Crippen molar-refractivity contribution in [3.63, 3.8) is 0 Å². The van der Waals surface area contributed by atoms with Crippen molar-refractivity contribution in [2.45, 2.75) is 6.18 Å². The smallest absolute Gasteiger partial charge is 0.416 e. The van der Waals surface area contributed by atoms with E-state index in [2.05, 4.69) is 15.0 Å². The number of hydrogen-bond acceptors (Lipinski definition) is 5. The number of urea groups is 1. The number of imidazole rings is 1. The van der Waals surface area contributed by atoms with E-state index in [1.165, 1.54) is 31.4 Å². The predicted molar refractivity (Wildman–Crippen MR) is 126 cm³/mol. The Hall–Kier alpha value is -4.81. The Morgan fingerprint density at radius 3 is 2.32 bits per heavy atom. The highest BCUT2D eigenvalue weighted by Crippen LogP contribution is 2.36. The number of carbonyl (C=O) groups is 2. The van der Waals surface area contributed by atoms with Crippen LogP contribution in [-0.2, 0) is 18.0 Å². The predicted octanol–water partition coefficient (Wildman–Crippen LogP) is 5.92. The topological polar surface area (TPSA) is 112 Å². The number of anilines is 3. The van der Waals surface area contributed by atoms with Gasteiger partial charge in [0.15, 0.2) is 0 Å². The molecule has 192 valence electrons. The van der Waals surface area contributed by atoms with E-state index in [4.69, 9.17) is 10.5 Å². The first kappa shape index (κ1) is 25.3. The number of benzene rings is 3. The number of fused-ring (bicyclic) bond motifs is 1. The van der Waals surface area contributed by atoms with Crippen LogP contribution in [-0.4, -0.2) is 28.8 Å². The second kappa shape index (κ2) is 9.68. The van der Waals surface area contributed by atoms with Gasteiger partial charge in [-0.05, 0) is 54.6 Å². The Morgan fingerprint density at radius 2 is 1.70 bits per heavy atom. The molecular weight excluding hydrogens is 498 g/mol. The van der Waals surface area contributed by atoms with Crippen LogP contribution in [0.3, 0.4) is 0 Å². The van der Waals surface area contributed by atoms with E-state index in [1.807, 2.05) is 0 Å². The molecule has 0 atom stereocenters. The van der Waals surface area contributed by atoms with Crippen molar-refractivity contribution in [1.82, 2.24) is 9.55 Å². The number of hydrogen-bond donors (Lipinski definition) is 2. The van der Waals surface area contributed by atoms with Gasteiger partial charge in [0.2, 0.25) is 5.95 Å². The summed E-state index contributed by atoms with van der Waals surface area (Å²) in [7, 11) is 2.94. The first-order valence-corrected chi connectivity index (χ1v) is 10.5. The normalized spacial score (nSPS) is 11.3. The fraction of sp³-hybridized carbons (Fsp3) is 0.125. The van der Waals surface area contributed by atoms with Crippen LogP contribution in [0.4, 0.5) is 44.5 Å². The maximum Gasteiger partial charge on any atom is 0.416 e. The summed E-state index contributed by atoms with van der Waals surface area (Å²) in [4.78, 5) is 28.5. The van der Waals surface area contributed by atoms with Crippen molar-refractivity contribution in [3.8, 4) is 11.5 Å². The number of nitrogens with one attached hydrogen (secondary N) is 1. The minimum atomic E-state index is -4.74. The Kier molecular flexibility index (Phi) is 6.62. The number of nitrogens with two attached hydrogens (primary N) is 1. The van der Waals surface area contributed by atoms with Gasteiger partial charge in [0, 0.05) is 13.1 Å². The molecule has 3 amide bonds. The largest absolute Gasteiger partial charge is 0.457 e. The second-order valence-electron chi connectivity index (χ2n) is 7.70. The molecule has 1 aromatic heterocycles. The Balaban J connectivity index is 1.59. The molecule has 0 aliphatic rings. The van der Waals surface area contributed by atoms with E-state index in [1.54, 1.807) is 29.8 Å². The molecule has 1 heterocycles. The Labute approximate surface area is 207 Å². The van der Waals surface area contributed by atoms with Crippen molar-refractivity contribution in [1.29, 1.82) is 0 Å². The lowest BCUT2D eigenvalue weighted by atomic mass is 10.1. The maximum atomic E-state index is 14.4. The molecule has 0 bridgehead atoms. The summed E-state index contributed by atoms with van der Waals surface area (Å²) in [5, 5.41) is 2.49. The quantitative estimate of drug-likeness (QED) is 0.319. The van der Waals surface area contributed by atoms with Gasteiger partial charge in [-0.1, -0.05) is 0 Å². The molecule has 4 rings (SSSR count). The summed E-state index contributed by atoms with van der Waals surface area (Å²) in [5.41, 5.74) is 4.83. The van der Waals surface area contributed by atoms with E-state index in [0.29, 0.717) is 45.6 Å². The number of alkyl halides is 3. The number of primary amides is 1. The van der Waals surface area contributed by atoms with Crippen LogP contribution in [0.1, 0.15) is 5.56 Å². The molecule has 0 saturated heterocycles. The minimum Gasteiger partial charge on any atom is -0.457 e. The number of aromatic nitrogens is 2. The van der Waals surface area contributed by atoms with E-state index < -0.39 is 35.4 Å². The van der Waals surface area contributed by atoms with Crippen molar-refractivity contribution >= 4 is 40.5 Å². The van der Waals surface area contributed by atoms with Gasteiger partial charge in [-0.2, -0.15) is 13.2 Å². The van der Waals surface area contributed by atoms with E-state index >= 15 is 0 Å². The molecule has 4 aromatic rings. The van der Waals surface area contributed by atoms with Crippen LogP contribution in [0.2, 0.25) is 0 Å². The summed E-state index contributed by atoms with van der Waals surface area (Å²) in [6.45, 7) is 0. The monoisotopic (exact) mass is 517 g/mol. The molecule has 0 radical (unpaired) electrons. The fourth-order valence-corrected chi connectivity index (χ4v) is 3.54. The summed E-state index contributed by atoms with van der Waals surface area (Å²) in [6, 6.07) is 11.1. The molecule has 13 heteroatoms. The number of carbonyl (C=O) groups excluding carboxylic acids is 2. The molecule has 0 saturated carbocycles. The SMILES string of the molecule is COC(=O)Nc1nc2cc(Oc3ccc(N(C(N)=O)c4cc(C(F)(F)F)ccc4F)cc3)ccc2n1C. The highest BCUT2D eigenvalue weighted by Gasteiger charge is 2.32. The number of aryl methyl sites for hydroxylation is 1. The first-order chi connectivity index (χ1) is 17.5. The van der Waals surface area contributed by atoms with Crippen LogP contribution < -0.4 is 20.7 Å². The maximum absolute atomic E-state index is 14.4. The first-order valence-electron chi connectivity index (χ1n) is 10.5. The van der Waals surface area contributed by atoms with Crippen LogP contribution in [0.25, 0.3) is 11.0 Å². The lowest BCUT2D eigenvalue weighted by Gasteiger charge is -2.22. The second-order valence-corrected chi connectivity index (χ2v) is 7.70. The van der Waals surface area contributed by atoms with Gasteiger partial charge in [0.05, 0.1) is 35.1 Å². The lowest BCUT2D eigenvalue weighted by Crippen LogP contribution is -2.32. The van der Waals surface area contributed by atoms with E-state index in [0.717, 1.165) is 0 Å². The van der Waals surface area contributed by atoms with Gasteiger partial charge >= 0.3 is 18.3 Å². The highest BCUT2D eigenvalue weighted by molar-refractivity contribution is 5.98. The number of halogens is 4. The average molecular weight is 517 g/mol. The van der Waals surface area contributed by atoms with Gasteiger partial charge in [-0.25, -0.2) is 19.0 Å². The van der Waals surface area contributed by atoms with Crippen LogP contribution in [0.15, 0.2) is 60.7 Å². The Morgan fingerprint density at radius 1 is 1.03 bits per heavy atom. The number of ether oxygens (including phenoxy) is 2. The number of amides is 3. The molecule has 0 spiro atoms.